The van der Waals surface area contributed by atoms with Crippen molar-refractivity contribution in [2.24, 2.45) is 5.73 Å². The van der Waals surface area contributed by atoms with Crippen LogP contribution in [0.2, 0.25) is 10.0 Å². The Balaban J connectivity index is 1.88. The fourth-order valence-corrected chi connectivity index (χ4v) is 3.40. The Morgan fingerprint density at radius 2 is 1.70 bits per heavy atom. The van der Waals surface area contributed by atoms with Gasteiger partial charge in [-0.15, -0.1) is 0 Å². The summed E-state index contributed by atoms with van der Waals surface area (Å²) in [4.78, 5) is 0. The first kappa shape index (κ1) is 13.9. The molecule has 0 fully saturated rings. The number of rotatable bonds is 2. The van der Waals surface area contributed by atoms with Gasteiger partial charge in [0.25, 0.3) is 0 Å². The first-order valence-electron chi connectivity index (χ1n) is 6.93. The molecule has 0 radical (unpaired) electrons. The first-order chi connectivity index (χ1) is 9.65. The van der Waals surface area contributed by atoms with Crippen molar-refractivity contribution in [1.82, 2.24) is 0 Å². The lowest BCUT2D eigenvalue weighted by Crippen LogP contribution is -2.21. The van der Waals surface area contributed by atoms with E-state index in [1.807, 2.05) is 12.1 Å². The van der Waals surface area contributed by atoms with E-state index in [0.717, 1.165) is 19.3 Å². The lowest BCUT2D eigenvalue weighted by atomic mass is 9.77. The Kier molecular flexibility index (Phi) is 4.02. The van der Waals surface area contributed by atoms with Gasteiger partial charge in [-0.25, -0.2) is 0 Å². The lowest BCUT2D eigenvalue weighted by molar-refractivity contribution is 0.489. The molecule has 2 atom stereocenters. The van der Waals surface area contributed by atoms with Gasteiger partial charge in [-0.2, -0.15) is 0 Å². The molecule has 2 aromatic carbocycles. The van der Waals surface area contributed by atoms with E-state index in [4.69, 9.17) is 28.9 Å². The van der Waals surface area contributed by atoms with Gasteiger partial charge in [0.2, 0.25) is 0 Å². The van der Waals surface area contributed by atoms with Crippen molar-refractivity contribution in [2.45, 2.75) is 31.2 Å². The minimum Gasteiger partial charge on any atom is -0.324 e. The van der Waals surface area contributed by atoms with Crippen molar-refractivity contribution >= 4 is 23.2 Å². The highest BCUT2D eigenvalue weighted by atomic mass is 35.5. The van der Waals surface area contributed by atoms with Gasteiger partial charge >= 0.3 is 0 Å². The molecule has 0 saturated heterocycles. The average molecular weight is 306 g/mol. The third-order valence-electron chi connectivity index (χ3n) is 4.13. The molecule has 1 nitrogen and oxygen atoms in total. The molecular formula is C17H17Cl2N. The minimum absolute atomic E-state index is 0.177. The smallest absolute Gasteiger partial charge is 0.0595 e. The van der Waals surface area contributed by atoms with Crippen LogP contribution in [0.4, 0.5) is 0 Å². The maximum Gasteiger partial charge on any atom is 0.0595 e. The van der Waals surface area contributed by atoms with Crippen LogP contribution in [0, 0.1) is 0 Å². The van der Waals surface area contributed by atoms with E-state index in [9.17, 15) is 0 Å². The highest BCUT2D eigenvalue weighted by molar-refractivity contribution is 6.42. The predicted octanol–water partition coefficient (Wildman–Crippen LogP) is 5.11. The van der Waals surface area contributed by atoms with Crippen LogP contribution in [0.5, 0.6) is 0 Å². The van der Waals surface area contributed by atoms with Gasteiger partial charge in [-0.3, -0.25) is 0 Å². The summed E-state index contributed by atoms with van der Waals surface area (Å²) in [5.41, 5.74) is 10.1. The highest BCUT2D eigenvalue weighted by Gasteiger charge is 2.24. The van der Waals surface area contributed by atoms with E-state index >= 15 is 0 Å². The van der Waals surface area contributed by atoms with Crippen LogP contribution >= 0.6 is 23.2 Å². The summed E-state index contributed by atoms with van der Waals surface area (Å²) >= 11 is 12.1. The summed E-state index contributed by atoms with van der Waals surface area (Å²) in [7, 11) is 0. The zero-order valence-corrected chi connectivity index (χ0v) is 12.7. The fraction of sp³-hybridized carbons (Fsp3) is 0.294. The van der Waals surface area contributed by atoms with Crippen molar-refractivity contribution in [3.8, 4) is 0 Å². The summed E-state index contributed by atoms with van der Waals surface area (Å²) in [6.07, 6.45) is 3.15. The summed E-state index contributed by atoms with van der Waals surface area (Å²) in [6.45, 7) is 0. The quantitative estimate of drug-likeness (QED) is 0.819. The van der Waals surface area contributed by atoms with Gasteiger partial charge in [0.1, 0.15) is 0 Å². The molecule has 2 N–H and O–H groups in total. The Bertz CT molecular complexity index is 624. The second-order valence-electron chi connectivity index (χ2n) is 5.46. The van der Waals surface area contributed by atoms with Gasteiger partial charge in [-0.05, 0) is 54.0 Å². The maximum atomic E-state index is 6.21. The van der Waals surface area contributed by atoms with Crippen LogP contribution in [-0.4, -0.2) is 0 Å². The third kappa shape index (κ3) is 2.71. The Labute approximate surface area is 129 Å². The Hall–Kier alpha value is -1.02. The number of halogens is 2. The van der Waals surface area contributed by atoms with Gasteiger partial charge in [-0.1, -0.05) is 53.5 Å². The monoisotopic (exact) mass is 305 g/mol. The molecule has 1 aliphatic carbocycles. The van der Waals surface area contributed by atoms with Gasteiger partial charge in [0, 0.05) is 6.04 Å². The number of hydrogen-bond acceptors (Lipinski definition) is 1. The molecule has 2 unspecified atom stereocenters. The van der Waals surface area contributed by atoms with Crippen LogP contribution in [0.25, 0.3) is 0 Å². The van der Waals surface area contributed by atoms with E-state index in [1.165, 1.54) is 16.7 Å². The van der Waals surface area contributed by atoms with Crippen molar-refractivity contribution in [3.05, 3.63) is 69.2 Å². The van der Waals surface area contributed by atoms with Gasteiger partial charge in [0.15, 0.2) is 0 Å². The molecule has 0 aliphatic heterocycles. The normalized spacial score (nSPS) is 21.6. The molecule has 2 aromatic rings. The molecule has 20 heavy (non-hydrogen) atoms. The molecule has 0 spiro atoms. The second kappa shape index (κ2) is 5.77. The number of fused-ring (bicyclic) bond motifs is 1. The SMILES string of the molecule is NC1CCC(Cc2ccc(Cl)c(Cl)c2)c2ccccc21. The largest absolute Gasteiger partial charge is 0.324 e. The van der Waals surface area contributed by atoms with Crippen LogP contribution in [0.3, 0.4) is 0 Å². The molecule has 0 heterocycles. The van der Waals surface area contributed by atoms with Gasteiger partial charge < -0.3 is 5.73 Å². The van der Waals surface area contributed by atoms with Crippen LogP contribution in [0.1, 0.15) is 41.5 Å². The molecule has 0 aromatic heterocycles. The molecular weight excluding hydrogens is 289 g/mol. The average Bonchev–Trinajstić information content (AvgIpc) is 2.46. The standard InChI is InChI=1S/C17H17Cl2N/c18-15-7-5-11(10-16(15)19)9-12-6-8-17(20)14-4-2-1-3-13(12)14/h1-5,7,10,12,17H,6,8-9,20H2. The molecule has 0 bridgehead atoms. The third-order valence-corrected chi connectivity index (χ3v) is 4.87. The van der Waals surface area contributed by atoms with Crippen molar-refractivity contribution in [1.29, 1.82) is 0 Å². The summed E-state index contributed by atoms with van der Waals surface area (Å²) in [5, 5.41) is 1.24. The summed E-state index contributed by atoms with van der Waals surface area (Å²) in [6, 6.07) is 14.6. The van der Waals surface area contributed by atoms with Crippen molar-refractivity contribution in [2.75, 3.05) is 0 Å². The summed E-state index contributed by atoms with van der Waals surface area (Å²) < 4.78 is 0. The van der Waals surface area contributed by atoms with Crippen LogP contribution < -0.4 is 5.73 Å². The number of hydrogen-bond donors (Lipinski definition) is 1. The molecule has 0 saturated carbocycles. The first-order valence-corrected chi connectivity index (χ1v) is 7.69. The van der Waals surface area contributed by atoms with Crippen molar-refractivity contribution < 1.29 is 0 Å². The zero-order valence-electron chi connectivity index (χ0n) is 11.2. The fourth-order valence-electron chi connectivity index (χ4n) is 3.08. The maximum absolute atomic E-state index is 6.21. The number of benzene rings is 2. The van der Waals surface area contributed by atoms with E-state index in [2.05, 4.69) is 30.3 Å². The zero-order chi connectivity index (χ0) is 14.1. The molecule has 1 aliphatic rings. The Morgan fingerprint density at radius 3 is 2.45 bits per heavy atom. The Morgan fingerprint density at radius 1 is 0.950 bits per heavy atom. The minimum atomic E-state index is 0.177. The van der Waals surface area contributed by atoms with E-state index in [-0.39, 0.29) is 6.04 Å². The molecule has 104 valence electrons. The van der Waals surface area contributed by atoms with E-state index in [1.54, 1.807) is 0 Å². The summed E-state index contributed by atoms with van der Waals surface area (Å²) in [5.74, 6) is 0.517. The molecule has 0 amide bonds. The molecule has 3 rings (SSSR count). The van der Waals surface area contributed by atoms with Gasteiger partial charge in [0.05, 0.1) is 10.0 Å². The highest BCUT2D eigenvalue weighted by Crippen LogP contribution is 2.38. The molecule has 3 heteroatoms. The second-order valence-corrected chi connectivity index (χ2v) is 6.28. The lowest BCUT2D eigenvalue weighted by Gasteiger charge is -2.29. The van der Waals surface area contributed by atoms with E-state index < -0.39 is 0 Å². The predicted molar refractivity (Wildman–Crippen MR) is 85.5 cm³/mol. The van der Waals surface area contributed by atoms with Crippen LogP contribution in [0.15, 0.2) is 42.5 Å². The van der Waals surface area contributed by atoms with Crippen LogP contribution in [-0.2, 0) is 6.42 Å². The topological polar surface area (TPSA) is 26.0 Å². The number of nitrogens with two attached hydrogens (primary N) is 1. The van der Waals surface area contributed by atoms with Crippen molar-refractivity contribution in [3.63, 3.8) is 0 Å². The van der Waals surface area contributed by atoms with E-state index in [0.29, 0.717) is 16.0 Å².